The predicted octanol–water partition coefficient (Wildman–Crippen LogP) is 3.03. The summed E-state index contributed by atoms with van der Waals surface area (Å²) in [5.74, 6) is 0.104. The number of amides is 1. The Hall–Kier alpha value is -2.47. The van der Waals surface area contributed by atoms with Crippen molar-refractivity contribution in [3.05, 3.63) is 64.9 Å². The summed E-state index contributed by atoms with van der Waals surface area (Å²) < 4.78 is 0.910. The quantitative estimate of drug-likeness (QED) is 0.752. The molecule has 0 fully saturated rings. The van der Waals surface area contributed by atoms with Crippen LogP contribution in [0.4, 0.5) is 5.82 Å². The molecule has 0 radical (unpaired) electrons. The molecule has 0 aliphatic heterocycles. The molecule has 1 aromatic heterocycles. The Morgan fingerprint density at radius 2 is 1.91 bits per heavy atom. The lowest BCUT2D eigenvalue weighted by molar-refractivity contribution is -0.118. The Morgan fingerprint density at radius 1 is 1.14 bits per heavy atom. The van der Waals surface area contributed by atoms with Crippen LogP contribution in [0.1, 0.15) is 11.6 Å². The topological polar surface area (TPSA) is 80.9 Å². The third kappa shape index (κ3) is 2.92. The molecule has 3 N–H and O–H groups in total. The number of nitrogens with one attached hydrogen (secondary N) is 1. The van der Waals surface area contributed by atoms with E-state index < -0.39 is 11.9 Å². The van der Waals surface area contributed by atoms with E-state index in [1.165, 1.54) is 6.33 Å². The zero-order valence-electron chi connectivity index (χ0n) is 11.5. The fourth-order valence-corrected chi connectivity index (χ4v) is 2.61. The van der Waals surface area contributed by atoms with Crippen molar-refractivity contribution >= 4 is 38.6 Å². The Bertz CT molecular complexity index is 823. The summed E-state index contributed by atoms with van der Waals surface area (Å²) in [6, 6.07) is 14.3. The second kappa shape index (κ2) is 6.11. The number of nitrogens with zero attached hydrogens (tertiary/aromatic N) is 2. The number of aromatic nitrogens is 2. The van der Waals surface area contributed by atoms with Crippen LogP contribution in [0.15, 0.2) is 59.3 Å². The molecule has 110 valence electrons. The molecule has 0 bridgehead atoms. The third-order valence-electron chi connectivity index (χ3n) is 3.30. The Kier molecular flexibility index (Phi) is 4.02. The minimum atomic E-state index is -0.654. The van der Waals surface area contributed by atoms with Gasteiger partial charge >= 0.3 is 0 Å². The van der Waals surface area contributed by atoms with E-state index >= 15 is 0 Å². The third-order valence-corrected chi connectivity index (χ3v) is 3.79. The number of hydrogen-bond acceptors (Lipinski definition) is 4. The number of rotatable bonds is 4. The van der Waals surface area contributed by atoms with E-state index in [0.29, 0.717) is 5.82 Å². The van der Waals surface area contributed by atoms with E-state index in [9.17, 15) is 4.79 Å². The standard InChI is InChI=1S/C16H13BrN4O/c17-11-6-7-13-12(8-11)16(20-9-19-13)21-14(15(18)22)10-4-2-1-3-5-10/h1-9,14H,(H2,18,22)(H,19,20,21). The first-order chi connectivity index (χ1) is 10.6. The highest BCUT2D eigenvalue weighted by Crippen LogP contribution is 2.26. The summed E-state index contributed by atoms with van der Waals surface area (Å²) in [5.41, 5.74) is 7.11. The zero-order chi connectivity index (χ0) is 15.5. The van der Waals surface area contributed by atoms with Gasteiger partial charge in [-0.2, -0.15) is 0 Å². The predicted molar refractivity (Wildman–Crippen MR) is 89.2 cm³/mol. The minimum Gasteiger partial charge on any atom is -0.368 e. The zero-order valence-corrected chi connectivity index (χ0v) is 13.1. The lowest BCUT2D eigenvalue weighted by Gasteiger charge is -2.17. The fraction of sp³-hybridized carbons (Fsp3) is 0.0625. The van der Waals surface area contributed by atoms with Gasteiger partial charge in [0.15, 0.2) is 0 Å². The molecular weight excluding hydrogens is 344 g/mol. The highest BCUT2D eigenvalue weighted by Gasteiger charge is 2.19. The highest BCUT2D eigenvalue weighted by atomic mass is 79.9. The van der Waals surface area contributed by atoms with Crippen LogP contribution in [0.2, 0.25) is 0 Å². The fourth-order valence-electron chi connectivity index (χ4n) is 2.24. The van der Waals surface area contributed by atoms with E-state index in [2.05, 4.69) is 31.2 Å². The van der Waals surface area contributed by atoms with Gasteiger partial charge in [0.05, 0.1) is 5.52 Å². The van der Waals surface area contributed by atoms with Crippen molar-refractivity contribution in [3.63, 3.8) is 0 Å². The van der Waals surface area contributed by atoms with Crippen LogP contribution in [0.25, 0.3) is 10.9 Å². The summed E-state index contributed by atoms with van der Waals surface area (Å²) in [5, 5.41) is 3.94. The van der Waals surface area contributed by atoms with Crippen LogP contribution >= 0.6 is 15.9 Å². The lowest BCUT2D eigenvalue weighted by atomic mass is 10.1. The SMILES string of the molecule is NC(=O)C(Nc1ncnc2ccc(Br)cc12)c1ccccc1. The maximum absolute atomic E-state index is 11.8. The van der Waals surface area contributed by atoms with Crippen molar-refractivity contribution in [1.29, 1.82) is 0 Å². The van der Waals surface area contributed by atoms with Crippen molar-refractivity contribution in [2.45, 2.75) is 6.04 Å². The number of fused-ring (bicyclic) bond motifs is 1. The molecule has 1 unspecified atom stereocenters. The molecule has 0 saturated carbocycles. The first-order valence-electron chi connectivity index (χ1n) is 6.66. The Labute approximate surface area is 135 Å². The summed E-state index contributed by atoms with van der Waals surface area (Å²) >= 11 is 3.43. The second-order valence-corrected chi connectivity index (χ2v) is 5.69. The molecular formula is C16H13BrN4O. The van der Waals surface area contributed by atoms with Crippen molar-refractivity contribution in [3.8, 4) is 0 Å². The largest absolute Gasteiger partial charge is 0.368 e. The molecule has 0 saturated heterocycles. The van der Waals surface area contributed by atoms with Gasteiger partial charge in [0, 0.05) is 9.86 Å². The van der Waals surface area contributed by atoms with Crippen molar-refractivity contribution in [2.24, 2.45) is 5.73 Å². The number of carbonyl (C=O) groups excluding carboxylic acids is 1. The smallest absolute Gasteiger partial charge is 0.244 e. The van der Waals surface area contributed by atoms with Gasteiger partial charge in [-0.05, 0) is 23.8 Å². The number of benzene rings is 2. The average Bonchev–Trinajstić information content (AvgIpc) is 2.53. The van der Waals surface area contributed by atoms with Gasteiger partial charge in [-0.3, -0.25) is 4.79 Å². The number of halogens is 1. The first-order valence-corrected chi connectivity index (χ1v) is 7.45. The molecule has 0 spiro atoms. The molecule has 3 aromatic rings. The minimum absolute atomic E-state index is 0.465. The van der Waals surface area contributed by atoms with Crippen molar-refractivity contribution in [2.75, 3.05) is 5.32 Å². The first kappa shape index (κ1) is 14.5. The summed E-state index contributed by atoms with van der Waals surface area (Å²) in [4.78, 5) is 20.3. The molecule has 5 nitrogen and oxygen atoms in total. The average molecular weight is 357 g/mol. The number of carbonyl (C=O) groups is 1. The van der Waals surface area contributed by atoms with Gasteiger partial charge in [-0.1, -0.05) is 46.3 Å². The molecule has 2 aromatic carbocycles. The second-order valence-electron chi connectivity index (χ2n) is 4.77. The Balaban J connectivity index is 2.04. The van der Waals surface area contributed by atoms with Gasteiger partial charge < -0.3 is 11.1 Å². The maximum Gasteiger partial charge on any atom is 0.244 e. The van der Waals surface area contributed by atoms with E-state index in [1.54, 1.807) is 0 Å². The molecule has 3 rings (SSSR count). The van der Waals surface area contributed by atoms with E-state index in [-0.39, 0.29) is 0 Å². The molecule has 22 heavy (non-hydrogen) atoms. The van der Waals surface area contributed by atoms with Crippen LogP contribution < -0.4 is 11.1 Å². The van der Waals surface area contributed by atoms with Crippen molar-refractivity contribution in [1.82, 2.24) is 9.97 Å². The lowest BCUT2D eigenvalue weighted by Crippen LogP contribution is -2.28. The number of anilines is 1. The molecule has 1 atom stereocenters. The van der Waals surface area contributed by atoms with Gasteiger partial charge in [-0.25, -0.2) is 9.97 Å². The van der Waals surface area contributed by atoms with Crippen LogP contribution in [0.5, 0.6) is 0 Å². The Morgan fingerprint density at radius 3 is 2.64 bits per heavy atom. The van der Waals surface area contributed by atoms with Crippen LogP contribution in [0.3, 0.4) is 0 Å². The number of nitrogens with two attached hydrogens (primary N) is 1. The summed E-state index contributed by atoms with van der Waals surface area (Å²) in [7, 11) is 0. The van der Waals surface area contributed by atoms with Crippen LogP contribution in [-0.2, 0) is 4.79 Å². The van der Waals surface area contributed by atoms with E-state index in [4.69, 9.17) is 5.73 Å². The summed E-state index contributed by atoms with van der Waals surface area (Å²) in [6.45, 7) is 0. The van der Waals surface area contributed by atoms with Gasteiger partial charge in [-0.15, -0.1) is 0 Å². The maximum atomic E-state index is 11.8. The molecule has 1 heterocycles. The molecule has 0 aliphatic rings. The van der Waals surface area contributed by atoms with E-state index in [0.717, 1.165) is 20.9 Å². The van der Waals surface area contributed by atoms with Gasteiger partial charge in [0.1, 0.15) is 18.2 Å². The van der Waals surface area contributed by atoms with Gasteiger partial charge in [0.2, 0.25) is 5.91 Å². The number of primary amides is 1. The normalized spacial score (nSPS) is 12.0. The number of hydrogen-bond donors (Lipinski definition) is 2. The molecule has 6 heteroatoms. The van der Waals surface area contributed by atoms with Crippen LogP contribution in [-0.4, -0.2) is 15.9 Å². The monoisotopic (exact) mass is 356 g/mol. The van der Waals surface area contributed by atoms with Crippen LogP contribution in [0, 0.1) is 0 Å². The molecule has 0 aliphatic carbocycles. The molecule has 1 amide bonds. The van der Waals surface area contributed by atoms with Gasteiger partial charge in [0.25, 0.3) is 0 Å². The van der Waals surface area contributed by atoms with Crippen molar-refractivity contribution < 1.29 is 4.79 Å². The van der Waals surface area contributed by atoms with E-state index in [1.807, 2.05) is 48.5 Å². The highest BCUT2D eigenvalue weighted by molar-refractivity contribution is 9.10. The summed E-state index contributed by atoms with van der Waals surface area (Å²) in [6.07, 6.45) is 1.46.